The smallest absolute Gasteiger partial charge is 0.232 e. The van der Waals surface area contributed by atoms with Gasteiger partial charge >= 0.3 is 0 Å². The number of oxazole rings is 1. The molecule has 0 unspecified atom stereocenters. The first-order valence-corrected chi connectivity index (χ1v) is 9.48. The molecule has 1 aliphatic rings. The van der Waals surface area contributed by atoms with Crippen molar-refractivity contribution in [2.45, 2.75) is 18.9 Å². The molecule has 8 nitrogen and oxygen atoms in total. The molecule has 1 aliphatic heterocycles. The molecular weight excluding hydrogens is 373 g/mol. The van der Waals surface area contributed by atoms with E-state index in [0.717, 1.165) is 43.3 Å². The van der Waals surface area contributed by atoms with Gasteiger partial charge in [0.25, 0.3) is 0 Å². The highest BCUT2D eigenvalue weighted by atomic mass is 19.1. The number of piperidine rings is 1. The number of nitrogens with two attached hydrogens (primary N) is 1. The summed E-state index contributed by atoms with van der Waals surface area (Å²) in [6.45, 7) is 2.14. The van der Waals surface area contributed by atoms with E-state index in [1.54, 1.807) is 6.20 Å². The molecule has 29 heavy (non-hydrogen) atoms. The highest BCUT2D eigenvalue weighted by Crippen LogP contribution is 2.31. The predicted molar refractivity (Wildman–Crippen MR) is 106 cm³/mol. The molecule has 0 aromatic carbocycles. The van der Waals surface area contributed by atoms with Crippen molar-refractivity contribution in [3.05, 3.63) is 42.7 Å². The summed E-state index contributed by atoms with van der Waals surface area (Å²) in [4.78, 5) is 14.9. The van der Waals surface area contributed by atoms with Crippen LogP contribution >= 0.6 is 0 Å². The van der Waals surface area contributed by atoms with Crippen molar-refractivity contribution in [1.82, 2.24) is 29.6 Å². The second-order valence-corrected chi connectivity index (χ2v) is 7.39. The van der Waals surface area contributed by atoms with Crippen LogP contribution in [0, 0.1) is 5.82 Å². The van der Waals surface area contributed by atoms with Crippen LogP contribution in [0.5, 0.6) is 0 Å². The van der Waals surface area contributed by atoms with Crippen molar-refractivity contribution in [2.24, 2.45) is 0 Å². The van der Waals surface area contributed by atoms with E-state index >= 15 is 0 Å². The molecule has 5 heterocycles. The lowest BCUT2D eigenvalue weighted by Gasteiger charge is -2.28. The summed E-state index contributed by atoms with van der Waals surface area (Å²) in [6.07, 6.45) is 8.83. The quantitative estimate of drug-likeness (QED) is 0.571. The minimum absolute atomic E-state index is 0.257. The van der Waals surface area contributed by atoms with Crippen LogP contribution in [0.1, 0.15) is 18.9 Å². The average molecular weight is 393 g/mol. The van der Waals surface area contributed by atoms with Crippen molar-refractivity contribution >= 4 is 17.0 Å². The second kappa shape index (κ2) is 6.93. The highest BCUT2D eigenvalue weighted by Gasteiger charge is 2.20. The summed E-state index contributed by atoms with van der Waals surface area (Å²) in [5, 5.41) is 4.56. The first-order valence-electron chi connectivity index (χ1n) is 9.48. The Bertz CT molecular complexity index is 1180. The molecule has 5 rings (SSSR count). The van der Waals surface area contributed by atoms with Gasteiger partial charge < -0.3 is 15.1 Å². The number of likely N-dealkylation sites (tertiary alicyclic amines) is 1. The van der Waals surface area contributed by atoms with Gasteiger partial charge in [0.1, 0.15) is 11.6 Å². The van der Waals surface area contributed by atoms with Gasteiger partial charge in [0.2, 0.25) is 5.89 Å². The number of hydrogen-bond donors (Lipinski definition) is 1. The van der Waals surface area contributed by atoms with Gasteiger partial charge in [-0.1, -0.05) is 0 Å². The lowest BCUT2D eigenvalue weighted by molar-refractivity contribution is 0.212. The van der Waals surface area contributed by atoms with Crippen LogP contribution < -0.4 is 5.73 Å². The first-order chi connectivity index (χ1) is 14.1. The van der Waals surface area contributed by atoms with E-state index in [9.17, 15) is 4.39 Å². The zero-order valence-corrected chi connectivity index (χ0v) is 15.9. The standard InChI is InChI=1S/C20H20FN7O/c1-27-4-2-15(3-5-27)28-11-13(9-25-28)12-6-16(18(22)23-8-12)20-26-19-17(29-20)7-14(21)10-24-19/h6-11,15H,2-5H2,1H3,(H2,22,23). The van der Waals surface area contributed by atoms with Crippen LogP contribution in [0.2, 0.25) is 0 Å². The van der Waals surface area contributed by atoms with E-state index in [0.29, 0.717) is 17.3 Å². The Labute approximate surface area is 166 Å². The molecule has 0 amide bonds. The Morgan fingerprint density at radius 2 is 1.93 bits per heavy atom. The third-order valence-electron chi connectivity index (χ3n) is 5.36. The molecule has 4 aromatic heterocycles. The van der Waals surface area contributed by atoms with E-state index in [1.165, 1.54) is 6.07 Å². The van der Waals surface area contributed by atoms with Crippen LogP contribution in [0.15, 0.2) is 41.3 Å². The monoisotopic (exact) mass is 393 g/mol. The molecule has 1 fully saturated rings. The van der Waals surface area contributed by atoms with Crippen LogP contribution in [-0.4, -0.2) is 49.8 Å². The maximum absolute atomic E-state index is 13.4. The number of anilines is 1. The Morgan fingerprint density at radius 1 is 1.10 bits per heavy atom. The molecule has 0 radical (unpaired) electrons. The number of hydrogen-bond acceptors (Lipinski definition) is 7. The van der Waals surface area contributed by atoms with Gasteiger partial charge in [-0.25, -0.2) is 14.4 Å². The summed E-state index contributed by atoms with van der Waals surface area (Å²) in [5.74, 6) is 0.0533. The molecule has 1 saturated heterocycles. The minimum Gasteiger partial charge on any atom is -0.434 e. The summed E-state index contributed by atoms with van der Waals surface area (Å²) in [5.41, 5.74) is 8.97. The van der Waals surface area contributed by atoms with Crippen molar-refractivity contribution in [3.63, 3.8) is 0 Å². The molecule has 0 atom stereocenters. The van der Waals surface area contributed by atoms with Crippen LogP contribution in [-0.2, 0) is 0 Å². The largest absolute Gasteiger partial charge is 0.434 e. The molecule has 2 N–H and O–H groups in total. The zero-order valence-electron chi connectivity index (χ0n) is 15.9. The molecule has 0 spiro atoms. The number of rotatable bonds is 3. The molecular formula is C20H20FN7O. The number of nitrogens with zero attached hydrogens (tertiary/aromatic N) is 6. The number of fused-ring (bicyclic) bond motifs is 1. The van der Waals surface area contributed by atoms with Crippen LogP contribution in [0.25, 0.3) is 33.8 Å². The maximum Gasteiger partial charge on any atom is 0.232 e. The van der Waals surface area contributed by atoms with Gasteiger partial charge in [-0.15, -0.1) is 0 Å². The fraction of sp³-hybridized carbons (Fsp3) is 0.300. The van der Waals surface area contributed by atoms with Gasteiger partial charge in [0, 0.05) is 29.6 Å². The van der Waals surface area contributed by atoms with E-state index < -0.39 is 5.82 Å². The maximum atomic E-state index is 13.4. The normalized spacial score (nSPS) is 15.9. The summed E-state index contributed by atoms with van der Waals surface area (Å²) in [7, 11) is 2.14. The number of nitrogen functional groups attached to an aromatic ring is 1. The van der Waals surface area contributed by atoms with Gasteiger partial charge in [-0.3, -0.25) is 4.68 Å². The number of halogens is 1. The molecule has 0 bridgehead atoms. The molecule has 9 heteroatoms. The summed E-state index contributed by atoms with van der Waals surface area (Å²) in [6, 6.07) is 3.51. The van der Waals surface area contributed by atoms with Crippen molar-refractivity contribution in [3.8, 4) is 22.6 Å². The van der Waals surface area contributed by atoms with Gasteiger partial charge in [0.15, 0.2) is 11.2 Å². The van der Waals surface area contributed by atoms with E-state index in [-0.39, 0.29) is 17.3 Å². The number of aromatic nitrogens is 5. The first kappa shape index (κ1) is 17.7. The Hall–Kier alpha value is -3.33. The van der Waals surface area contributed by atoms with Gasteiger partial charge in [0.05, 0.1) is 24.0 Å². The van der Waals surface area contributed by atoms with Crippen molar-refractivity contribution in [2.75, 3.05) is 25.9 Å². The molecule has 4 aromatic rings. The van der Waals surface area contributed by atoms with E-state index in [2.05, 4.69) is 32.0 Å². The SMILES string of the molecule is CN1CCC(n2cc(-c3cnc(N)c(-c4nc5ncc(F)cc5o4)c3)cn2)CC1. The Kier molecular flexibility index (Phi) is 4.24. The minimum atomic E-state index is -0.485. The third kappa shape index (κ3) is 3.33. The predicted octanol–water partition coefficient (Wildman–Crippen LogP) is 3.14. The number of pyridine rings is 2. The fourth-order valence-electron chi connectivity index (χ4n) is 3.66. The highest BCUT2D eigenvalue weighted by molar-refractivity contribution is 5.79. The van der Waals surface area contributed by atoms with Crippen LogP contribution in [0.3, 0.4) is 0 Å². The molecule has 0 aliphatic carbocycles. The summed E-state index contributed by atoms with van der Waals surface area (Å²) < 4.78 is 21.1. The third-order valence-corrected chi connectivity index (χ3v) is 5.36. The lowest BCUT2D eigenvalue weighted by Crippen LogP contribution is -2.31. The van der Waals surface area contributed by atoms with Gasteiger partial charge in [-0.2, -0.15) is 10.1 Å². The van der Waals surface area contributed by atoms with Crippen molar-refractivity contribution in [1.29, 1.82) is 0 Å². The second-order valence-electron chi connectivity index (χ2n) is 7.39. The van der Waals surface area contributed by atoms with Gasteiger partial charge in [-0.05, 0) is 39.0 Å². The fourth-order valence-corrected chi connectivity index (χ4v) is 3.66. The van der Waals surface area contributed by atoms with Crippen LogP contribution in [0.4, 0.5) is 10.2 Å². The van der Waals surface area contributed by atoms with Crippen molar-refractivity contribution < 1.29 is 8.81 Å². The van der Waals surface area contributed by atoms with E-state index in [4.69, 9.17) is 10.2 Å². The zero-order chi connectivity index (χ0) is 20.0. The molecule has 148 valence electrons. The topological polar surface area (TPSA) is 98.9 Å². The lowest BCUT2D eigenvalue weighted by atomic mass is 10.1. The summed E-state index contributed by atoms with van der Waals surface area (Å²) >= 11 is 0. The molecule has 0 saturated carbocycles. The average Bonchev–Trinajstić information content (AvgIpc) is 3.36. The Morgan fingerprint density at radius 3 is 2.76 bits per heavy atom. The van der Waals surface area contributed by atoms with E-state index in [1.807, 2.05) is 23.1 Å². The Balaban J connectivity index is 1.48.